The van der Waals surface area contributed by atoms with Crippen LogP contribution in [-0.4, -0.2) is 77.9 Å². The minimum absolute atomic E-state index is 0.170. The molecule has 1 amide bonds. The fourth-order valence-electron chi connectivity index (χ4n) is 3.83. The van der Waals surface area contributed by atoms with Crippen molar-refractivity contribution < 1.29 is 22.7 Å². The quantitative estimate of drug-likeness (QED) is 0.556. The Labute approximate surface area is 178 Å². The Kier molecular flexibility index (Phi) is 8.41. The summed E-state index contributed by atoms with van der Waals surface area (Å²) in [5, 5.41) is 3.01. The number of benzene rings is 1. The first-order valence-electron chi connectivity index (χ1n) is 10.4. The molecule has 0 aliphatic carbocycles. The third-order valence-electron chi connectivity index (χ3n) is 5.46. The molecule has 1 aromatic rings. The lowest BCUT2D eigenvalue weighted by molar-refractivity contribution is -0.116. The van der Waals surface area contributed by atoms with Crippen molar-refractivity contribution in [2.24, 2.45) is 5.92 Å². The van der Waals surface area contributed by atoms with E-state index in [4.69, 9.17) is 9.47 Å². The molecule has 2 fully saturated rings. The lowest BCUT2D eigenvalue weighted by atomic mass is 9.97. The molecule has 9 heteroatoms. The van der Waals surface area contributed by atoms with Gasteiger partial charge in [0, 0.05) is 50.8 Å². The Balaban J connectivity index is 1.55. The van der Waals surface area contributed by atoms with Crippen LogP contribution >= 0.6 is 0 Å². The number of sulfonamides is 1. The molecule has 2 heterocycles. The van der Waals surface area contributed by atoms with Gasteiger partial charge in [0.05, 0.1) is 24.7 Å². The summed E-state index contributed by atoms with van der Waals surface area (Å²) in [6, 6.07) is 6.67. The zero-order chi connectivity index (χ0) is 21.4. The number of nitrogens with zero attached hydrogens (tertiary/aromatic N) is 1. The van der Waals surface area contributed by atoms with Crippen molar-refractivity contribution in [1.82, 2.24) is 14.9 Å². The van der Waals surface area contributed by atoms with Crippen molar-refractivity contribution in [3.05, 3.63) is 35.9 Å². The molecule has 2 atom stereocenters. The molecule has 30 heavy (non-hydrogen) atoms. The van der Waals surface area contributed by atoms with Gasteiger partial charge in [0.15, 0.2) is 0 Å². The van der Waals surface area contributed by atoms with Gasteiger partial charge in [-0.2, -0.15) is 0 Å². The van der Waals surface area contributed by atoms with Crippen LogP contribution in [0.1, 0.15) is 18.9 Å². The number of morpholine rings is 1. The number of amides is 1. The number of carbonyl (C=O) groups excluding carboxylic acids is 1. The van der Waals surface area contributed by atoms with Crippen molar-refractivity contribution in [3.63, 3.8) is 0 Å². The predicted molar refractivity (Wildman–Crippen MR) is 114 cm³/mol. The summed E-state index contributed by atoms with van der Waals surface area (Å²) in [5.41, 5.74) is 0.759. The molecular formula is C21H31N3O5S. The van der Waals surface area contributed by atoms with Crippen LogP contribution < -0.4 is 10.0 Å². The molecule has 0 aromatic heterocycles. The van der Waals surface area contributed by atoms with Crippen LogP contribution in [0.2, 0.25) is 0 Å². The Bertz CT molecular complexity index is 814. The zero-order valence-corrected chi connectivity index (χ0v) is 18.2. The molecule has 166 valence electrons. The summed E-state index contributed by atoms with van der Waals surface area (Å²) in [6.45, 7) is 7.32. The van der Waals surface area contributed by atoms with E-state index < -0.39 is 10.0 Å². The second-order valence-corrected chi connectivity index (χ2v) is 9.26. The van der Waals surface area contributed by atoms with Gasteiger partial charge in [-0.3, -0.25) is 9.69 Å². The molecule has 0 radical (unpaired) electrons. The maximum Gasteiger partial charge on any atom is 0.244 e. The second-order valence-electron chi connectivity index (χ2n) is 7.49. The predicted octanol–water partition coefficient (Wildman–Crippen LogP) is 0.852. The Morgan fingerprint density at radius 1 is 1.20 bits per heavy atom. The Morgan fingerprint density at radius 2 is 1.93 bits per heavy atom. The van der Waals surface area contributed by atoms with E-state index in [1.54, 1.807) is 25.1 Å². The minimum Gasteiger partial charge on any atom is -0.381 e. The molecule has 1 aromatic carbocycles. The van der Waals surface area contributed by atoms with E-state index in [9.17, 15) is 13.2 Å². The largest absolute Gasteiger partial charge is 0.381 e. The minimum atomic E-state index is -3.47. The van der Waals surface area contributed by atoms with Gasteiger partial charge >= 0.3 is 0 Å². The summed E-state index contributed by atoms with van der Waals surface area (Å²) in [6.07, 6.45) is 4.17. The molecule has 2 N–H and O–H groups in total. The van der Waals surface area contributed by atoms with E-state index in [1.807, 2.05) is 0 Å². The average molecular weight is 438 g/mol. The van der Waals surface area contributed by atoms with Gasteiger partial charge in [-0.25, -0.2) is 13.1 Å². The summed E-state index contributed by atoms with van der Waals surface area (Å²) in [7, 11) is -3.47. The zero-order valence-electron chi connectivity index (χ0n) is 17.4. The average Bonchev–Trinajstić information content (AvgIpc) is 3.28. The summed E-state index contributed by atoms with van der Waals surface area (Å²) >= 11 is 0. The molecular weight excluding hydrogens is 406 g/mol. The molecule has 8 nitrogen and oxygen atoms in total. The first-order valence-corrected chi connectivity index (χ1v) is 11.9. The van der Waals surface area contributed by atoms with E-state index in [-0.39, 0.29) is 16.8 Å². The summed E-state index contributed by atoms with van der Waals surface area (Å²) < 4.78 is 37.4. The maximum absolute atomic E-state index is 12.4. The number of ether oxygens (including phenoxy) is 2. The van der Waals surface area contributed by atoms with E-state index in [0.29, 0.717) is 19.0 Å². The standard InChI is InChI=1S/C21H31N3O5S/c1-2-23-30(26,27)19-6-3-17(4-7-19)5-8-21(25)22-15-20(18-9-12-29-16-18)24-10-13-28-14-11-24/h3-8,18,20,23H,2,9-16H2,1H3,(H,22,25)/b8-5+. The molecule has 2 aliphatic rings. The van der Waals surface area contributed by atoms with Gasteiger partial charge < -0.3 is 14.8 Å². The number of hydrogen-bond donors (Lipinski definition) is 2. The van der Waals surface area contributed by atoms with Crippen LogP contribution in [0.4, 0.5) is 0 Å². The first-order chi connectivity index (χ1) is 14.5. The molecule has 2 aliphatic heterocycles. The Hall–Kier alpha value is -1.78. The molecule has 0 bridgehead atoms. The van der Waals surface area contributed by atoms with Crippen LogP contribution in [-0.2, 0) is 24.3 Å². The maximum atomic E-state index is 12.4. The number of rotatable bonds is 9. The van der Waals surface area contributed by atoms with Crippen LogP contribution in [0, 0.1) is 5.92 Å². The third-order valence-corrected chi connectivity index (χ3v) is 7.02. The van der Waals surface area contributed by atoms with E-state index in [1.165, 1.54) is 18.2 Å². The molecule has 0 saturated carbocycles. The lowest BCUT2D eigenvalue weighted by Gasteiger charge is -2.37. The fraction of sp³-hybridized carbons (Fsp3) is 0.571. The van der Waals surface area contributed by atoms with E-state index in [0.717, 1.165) is 51.5 Å². The van der Waals surface area contributed by atoms with Crippen LogP contribution in [0.3, 0.4) is 0 Å². The first kappa shape index (κ1) is 22.9. The van der Waals surface area contributed by atoms with Crippen LogP contribution in [0.15, 0.2) is 35.2 Å². The van der Waals surface area contributed by atoms with E-state index in [2.05, 4.69) is 14.9 Å². The smallest absolute Gasteiger partial charge is 0.244 e. The highest BCUT2D eigenvalue weighted by atomic mass is 32.2. The summed E-state index contributed by atoms with van der Waals surface area (Å²) in [4.78, 5) is 14.9. The third kappa shape index (κ3) is 6.36. The van der Waals surface area contributed by atoms with Gasteiger partial charge in [-0.05, 0) is 30.2 Å². The lowest BCUT2D eigenvalue weighted by Crippen LogP contribution is -2.52. The Morgan fingerprint density at radius 3 is 2.57 bits per heavy atom. The monoisotopic (exact) mass is 437 g/mol. The van der Waals surface area contributed by atoms with Crippen molar-refractivity contribution in [2.75, 3.05) is 52.6 Å². The van der Waals surface area contributed by atoms with Gasteiger partial charge in [0.25, 0.3) is 0 Å². The van der Waals surface area contributed by atoms with Crippen LogP contribution in [0.5, 0.6) is 0 Å². The van der Waals surface area contributed by atoms with Crippen molar-refractivity contribution in [2.45, 2.75) is 24.3 Å². The normalized spacial score (nSPS) is 21.7. The molecule has 2 unspecified atom stereocenters. The van der Waals surface area contributed by atoms with Gasteiger partial charge in [0.2, 0.25) is 15.9 Å². The highest BCUT2D eigenvalue weighted by Crippen LogP contribution is 2.22. The number of hydrogen-bond acceptors (Lipinski definition) is 6. The molecule has 2 saturated heterocycles. The van der Waals surface area contributed by atoms with Crippen molar-refractivity contribution in [1.29, 1.82) is 0 Å². The van der Waals surface area contributed by atoms with Crippen molar-refractivity contribution >= 4 is 22.0 Å². The van der Waals surface area contributed by atoms with Crippen LogP contribution in [0.25, 0.3) is 6.08 Å². The van der Waals surface area contributed by atoms with E-state index >= 15 is 0 Å². The number of nitrogens with one attached hydrogen (secondary N) is 2. The highest BCUT2D eigenvalue weighted by Gasteiger charge is 2.31. The molecule has 0 spiro atoms. The van der Waals surface area contributed by atoms with Gasteiger partial charge in [-0.1, -0.05) is 19.1 Å². The topological polar surface area (TPSA) is 97.0 Å². The second kappa shape index (κ2) is 11.0. The number of carbonyl (C=O) groups is 1. The highest BCUT2D eigenvalue weighted by molar-refractivity contribution is 7.89. The molecule has 3 rings (SSSR count). The SMILES string of the molecule is CCNS(=O)(=O)c1ccc(/C=C/C(=O)NCC(C2CCOC2)N2CCOCC2)cc1. The summed E-state index contributed by atoms with van der Waals surface area (Å²) in [5.74, 6) is 0.245. The van der Waals surface area contributed by atoms with Gasteiger partial charge in [-0.15, -0.1) is 0 Å². The van der Waals surface area contributed by atoms with Crippen molar-refractivity contribution in [3.8, 4) is 0 Å². The van der Waals surface area contributed by atoms with Gasteiger partial charge in [0.1, 0.15) is 0 Å². The fourth-order valence-corrected chi connectivity index (χ4v) is 4.87.